The van der Waals surface area contributed by atoms with Crippen molar-refractivity contribution in [3.05, 3.63) is 89.4 Å². The van der Waals surface area contributed by atoms with Crippen LogP contribution in [0.15, 0.2) is 65.4 Å². The van der Waals surface area contributed by atoms with Crippen molar-refractivity contribution in [1.82, 2.24) is 20.4 Å². The Balaban J connectivity index is 1.20. The molecule has 0 aliphatic rings. The lowest BCUT2D eigenvalue weighted by Gasteiger charge is -2.08. The molecule has 0 saturated heterocycles. The molecule has 2 aromatic heterocycles. The lowest BCUT2D eigenvalue weighted by Crippen LogP contribution is -2.16. The van der Waals surface area contributed by atoms with E-state index in [2.05, 4.69) is 25.1 Å². The van der Waals surface area contributed by atoms with Crippen LogP contribution in [0.1, 0.15) is 28.4 Å². The molecule has 11 heteroatoms. The molecule has 0 spiro atoms. The molecule has 0 saturated carbocycles. The minimum absolute atomic E-state index is 0.217. The lowest BCUT2D eigenvalue weighted by molar-refractivity contribution is -0.274. The number of H-pyrrole nitrogens is 1. The fraction of sp³-hybridized carbons (Fsp3) is 0.208. The van der Waals surface area contributed by atoms with Crippen molar-refractivity contribution in [2.75, 3.05) is 6.61 Å². The average Bonchev–Trinajstić information content (AvgIpc) is 3.52. The van der Waals surface area contributed by atoms with Crippen LogP contribution < -0.4 is 9.47 Å². The molecule has 4 rings (SSSR count). The Morgan fingerprint density at radius 1 is 0.914 bits per heavy atom. The number of benzene rings is 2. The van der Waals surface area contributed by atoms with Gasteiger partial charge in [-0.15, -0.1) is 18.3 Å². The summed E-state index contributed by atoms with van der Waals surface area (Å²) < 4.78 is 57.3. The van der Waals surface area contributed by atoms with Crippen molar-refractivity contribution in [3.8, 4) is 11.5 Å². The molecule has 8 nitrogen and oxygen atoms in total. The molecule has 2 heterocycles. The van der Waals surface area contributed by atoms with E-state index in [1.807, 2.05) is 24.3 Å². The average molecular weight is 486 g/mol. The van der Waals surface area contributed by atoms with Crippen molar-refractivity contribution in [2.24, 2.45) is 0 Å². The van der Waals surface area contributed by atoms with Gasteiger partial charge in [-0.05, 0) is 41.5 Å². The van der Waals surface area contributed by atoms with Gasteiger partial charge in [0.25, 0.3) is 0 Å². The number of rotatable bonds is 11. The smallest absolute Gasteiger partial charge is 0.487 e. The largest absolute Gasteiger partial charge is 0.573 e. The molecule has 2 aromatic carbocycles. The number of nitrogens with zero attached hydrogens (tertiary/aromatic N) is 3. The lowest BCUT2D eigenvalue weighted by atomic mass is 10.2. The number of ether oxygens (including phenoxy) is 3. The third-order valence-electron chi connectivity index (χ3n) is 4.65. The van der Waals surface area contributed by atoms with Gasteiger partial charge in [-0.2, -0.15) is 0 Å². The van der Waals surface area contributed by atoms with Crippen LogP contribution in [0.5, 0.6) is 11.5 Å². The summed E-state index contributed by atoms with van der Waals surface area (Å²) in [5.74, 6) is 0.739. The van der Waals surface area contributed by atoms with Crippen LogP contribution >= 0.6 is 0 Å². The van der Waals surface area contributed by atoms with Gasteiger partial charge in [-0.25, -0.2) is 4.98 Å². The monoisotopic (exact) mass is 486 g/mol. The highest BCUT2D eigenvalue weighted by Gasteiger charge is 2.30. The molecule has 0 aliphatic heterocycles. The molecule has 0 atom stereocenters. The molecule has 0 radical (unpaired) electrons. The highest BCUT2D eigenvalue weighted by Crippen LogP contribution is 2.23. The zero-order valence-electron chi connectivity index (χ0n) is 18.4. The van der Waals surface area contributed by atoms with E-state index >= 15 is 0 Å². The Labute approximate surface area is 198 Å². The summed E-state index contributed by atoms with van der Waals surface area (Å²) in [6, 6.07) is 13.0. The quantitative estimate of drug-likeness (QED) is 0.291. The molecule has 0 bridgehead atoms. The predicted molar refractivity (Wildman–Crippen MR) is 119 cm³/mol. The number of alkyl halides is 3. The second-order valence-corrected chi connectivity index (χ2v) is 7.33. The Bertz CT molecular complexity index is 1210. The van der Waals surface area contributed by atoms with E-state index in [-0.39, 0.29) is 12.4 Å². The molecular weight excluding hydrogens is 465 g/mol. The summed E-state index contributed by atoms with van der Waals surface area (Å²) in [5, 5.41) is 10.2. The molecule has 4 aromatic rings. The topological polar surface area (TPSA) is 95.3 Å². The second kappa shape index (κ2) is 11.3. The Morgan fingerprint density at radius 2 is 1.69 bits per heavy atom. The van der Waals surface area contributed by atoms with E-state index < -0.39 is 6.36 Å². The SMILES string of the molecule is FC(F)(F)Oc1ccc(/C=C/c2nc(COc3ccc(COCCc4c[nH]nn4)cc3)co2)cc1. The second-order valence-electron chi connectivity index (χ2n) is 7.33. The summed E-state index contributed by atoms with van der Waals surface area (Å²) in [4.78, 5) is 4.31. The fourth-order valence-electron chi connectivity index (χ4n) is 2.97. The first-order valence-electron chi connectivity index (χ1n) is 10.6. The third-order valence-corrected chi connectivity index (χ3v) is 4.65. The van der Waals surface area contributed by atoms with Crippen LogP contribution in [-0.4, -0.2) is 33.4 Å². The minimum Gasteiger partial charge on any atom is -0.487 e. The van der Waals surface area contributed by atoms with Gasteiger partial charge in [0.1, 0.15) is 30.1 Å². The molecule has 0 aliphatic carbocycles. The van der Waals surface area contributed by atoms with Gasteiger partial charge in [0.15, 0.2) is 0 Å². The van der Waals surface area contributed by atoms with Crippen LogP contribution in [0.25, 0.3) is 12.2 Å². The number of nitrogens with one attached hydrogen (secondary N) is 1. The van der Waals surface area contributed by atoms with Gasteiger partial charge in [0.2, 0.25) is 5.89 Å². The minimum atomic E-state index is -4.72. The molecule has 35 heavy (non-hydrogen) atoms. The standard InChI is InChI=1S/C24H21F3N4O4/c25-24(26,27)35-22-8-1-17(2-9-22)5-10-23-29-20(16-34-23)15-33-21-6-3-18(4-7-21)14-32-12-11-19-13-28-31-30-19/h1-10,13,16H,11-12,14-15H2,(H,28,30,31)/b10-5+. The molecular formula is C24H21F3N4O4. The summed E-state index contributed by atoms with van der Waals surface area (Å²) in [6.45, 7) is 1.25. The van der Waals surface area contributed by atoms with Gasteiger partial charge in [0.05, 0.1) is 18.9 Å². The summed E-state index contributed by atoms with van der Waals surface area (Å²) in [5.41, 5.74) is 3.13. The zero-order valence-corrected chi connectivity index (χ0v) is 18.4. The van der Waals surface area contributed by atoms with Gasteiger partial charge < -0.3 is 18.6 Å². The molecule has 182 valence electrons. The number of oxazole rings is 1. The van der Waals surface area contributed by atoms with Crippen molar-refractivity contribution < 1.29 is 31.8 Å². The first kappa shape index (κ1) is 24.0. The molecule has 0 amide bonds. The maximum Gasteiger partial charge on any atom is 0.573 e. The number of hydrogen-bond acceptors (Lipinski definition) is 7. The van der Waals surface area contributed by atoms with Crippen molar-refractivity contribution in [2.45, 2.75) is 26.0 Å². The summed E-state index contributed by atoms with van der Waals surface area (Å²) in [6.07, 6.45) is 2.47. The first-order valence-corrected chi connectivity index (χ1v) is 10.6. The number of halogens is 3. The van der Waals surface area contributed by atoms with Crippen molar-refractivity contribution in [1.29, 1.82) is 0 Å². The van der Waals surface area contributed by atoms with Gasteiger partial charge in [0, 0.05) is 18.7 Å². The van der Waals surface area contributed by atoms with E-state index in [4.69, 9.17) is 13.9 Å². The van der Waals surface area contributed by atoms with Crippen LogP contribution in [0.4, 0.5) is 13.2 Å². The maximum atomic E-state index is 12.2. The highest BCUT2D eigenvalue weighted by molar-refractivity contribution is 5.66. The highest BCUT2D eigenvalue weighted by atomic mass is 19.4. The van der Waals surface area contributed by atoms with Gasteiger partial charge in [-0.1, -0.05) is 29.5 Å². The molecule has 1 N–H and O–H groups in total. The third kappa shape index (κ3) is 8.00. The molecule has 0 unspecified atom stereocenters. The van der Waals surface area contributed by atoms with Gasteiger partial charge in [-0.3, -0.25) is 5.10 Å². The van der Waals surface area contributed by atoms with E-state index in [1.54, 1.807) is 18.3 Å². The summed E-state index contributed by atoms with van der Waals surface area (Å²) >= 11 is 0. The number of hydrogen-bond donors (Lipinski definition) is 1. The fourth-order valence-corrected chi connectivity index (χ4v) is 2.97. The first-order chi connectivity index (χ1) is 16.9. The van der Waals surface area contributed by atoms with Gasteiger partial charge >= 0.3 is 6.36 Å². The predicted octanol–water partition coefficient (Wildman–Crippen LogP) is 5.20. The van der Waals surface area contributed by atoms with Crippen LogP contribution in [-0.2, 0) is 24.4 Å². The Morgan fingerprint density at radius 3 is 2.40 bits per heavy atom. The Kier molecular flexibility index (Phi) is 7.78. The number of aromatic amines is 1. The van der Waals surface area contributed by atoms with E-state index in [9.17, 15) is 13.2 Å². The van der Waals surface area contributed by atoms with Crippen molar-refractivity contribution >= 4 is 12.2 Å². The van der Waals surface area contributed by atoms with Crippen molar-refractivity contribution in [3.63, 3.8) is 0 Å². The van der Waals surface area contributed by atoms with E-state index in [1.165, 1.54) is 30.5 Å². The Hall–Kier alpha value is -4.12. The molecule has 0 fully saturated rings. The normalized spacial score (nSPS) is 11.7. The van der Waals surface area contributed by atoms with E-state index in [0.29, 0.717) is 42.5 Å². The van der Waals surface area contributed by atoms with Crippen LogP contribution in [0.2, 0.25) is 0 Å². The summed E-state index contributed by atoms with van der Waals surface area (Å²) in [7, 11) is 0. The number of aromatic nitrogens is 4. The van der Waals surface area contributed by atoms with Crippen LogP contribution in [0.3, 0.4) is 0 Å². The van der Waals surface area contributed by atoms with Crippen LogP contribution in [0, 0.1) is 0 Å². The maximum absolute atomic E-state index is 12.2. The van der Waals surface area contributed by atoms with E-state index in [0.717, 1.165) is 11.3 Å². The zero-order chi connectivity index (χ0) is 24.5.